The van der Waals surface area contributed by atoms with Crippen molar-refractivity contribution in [2.24, 2.45) is 0 Å². The van der Waals surface area contributed by atoms with Gasteiger partial charge in [0.15, 0.2) is 5.78 Å². The van der Waals surface area contributed by atoms with Gasteiger partial charge in [0, 0.05) is 11.6 Å². The average Bonchev–Trinajstić information content (AvgIpc) is 3.14. The van der Waals surface area contributed by atoms with Gasteiger partial charge < -0.3 is 10.1 Å². The molecule has 0 radical (unpaired) electrons. The van der Waals surface area contributed by atoms with Crippen LogP contribution in [0, 0.1) is 6.92 Å². The van der Waals surface area contributed by atoms with E-state index in [4.69, 9.17) is 4.74 Å². The number of hydrogen-bond donors (Lipinski definition) is 1. The van der Waals surface area contributed by atoms with Crippen molar-refractivity contribution in [2.45, 2.75) is 39.2 Å². The molecule has 0 unspecified atom stereocenters. The topological polar surface area (TPSA) is 55.4 Å². The van der Waals surface area contributed by atoms with Gasteiger partial charge in [-0.15, -0.1) is 0 Å². The second-order valence-electron chi connectivity index (χ2n) is 4.98. The van der Waals surface area contributed by atoms with E-state index in [0.29, 0.717) is 24.6 Å². The van der Waals surface area contributed by atoms with Crippen molar-refractivity contribution in [1.29, 1.82) is 0 Å². The van der Waals surface area contributed by atoms with Gasteiger partial charge in [-0.2, -0.15) is 0 Å². The third-order valence-electron chi connectivity index (χ3n) is 3.11. The Labute approximate surface area is 113 Å². The Balaban J connectivity index is 1.81. The first kappa shape index (κ1) is 13.6. The fourth-order valence-electron chi connectivity index (χ4n) is 1.81. The van der Waals surface area contributed by atoms with Crippen LogP contribution in [0.25, 0.3) is 0 Å². The van der Waals surface area contributed by atoms with Crippen LogP contribution in [0.15, 0.2) is 18.2 Å². The number of amides is 1. The summed E-state index contributed by atoms with van der Waals surface area (Å²) in [5.41, 5.74) is 1.59. The highest BCUT2D eigenvalue weighted by atomic mass is 16.5. The van der Waals surface area contributed by atoms with E-state index in [9.17, 15) is 9.59 Å². The highest BCUT2D eigenvalue weighted by molar-refractivity contribution is 5.94. The minimum atomic E-state index is 0.0402. The van der Waals surface area contributed by atoms with Crippen LogP contribution < -0.4 is 10.1 Å². The molecule has 4 nitrogen and oxygen atoms in total. The summed E-state index contributed by atoms with van der Waals surface area (Å²) in [6.07, 6.45) is 2.56. The lowest BCUT2D eigenvalue weighted by atomic mass is 10.1. The molecule has 4 heteroatoms. The quantitative estimate of drug-likeness (QED) is 0.799. The van der Waals surface area contributed by atoms with Gasteiger partial charge in [-0.3, -0.25) is 9.59 Å². The molecular weight excluding hydrogens is 242 g/mol. The fourth-order valence-corrected chi connectivity index (χ4v) is 1.81. The summed E-state index contributed by atoms with van der Waals surface area (Å²) in [7, 11) is 0. The van der Waals surface area contributed by atoms with Crippen LogP contribution in [0.2, 0.25) is 0 Å². The third-order valence-corrected chi connectivity index (χ3v) is 3.11. The van der Waals surface area contributed by atoms with Crippen LogP contribution in [-0.4, -0.2) is 24.3 Å². The first-order chi connectivity index (χ1) is 9.06. The van der Waals surface area contributed by atoms with Crippen LogP contribution in [0.1, 0.15) is 42.1 Å². The molecule has 1 saturated carbocycles. The zero-order valence-electron chi connectivity index (χ0n) is 11.4. The fraction of sp³-hybridized carbons (Fsp3) is 0.467. The lowest BCUT2D eigenvalue weighted by molar-refractivity contribution is -0.121. The standard InChI is InChI=1S/C15H19NO3/c1-10-9-12(11(2)17)3-6-14(10)19-8-7-15(18)16-13-4-5-13/h3,6,9,13H,4-5,7-8H2,1-2H3,(H,16,18). The second kappa shape index (κ2) is 5.87. The van der Waals surface area contributed by atoms with E-state index in [2.05, 4.69) is 5.32 Å². The molecule has 19 heavy (non-hydrogen) atoms. The zero-order chi connectivity index (χ0) is 13.8. The maximum absolute atomic E-state index is 11.5. The SMILES string of the molecule is CC(=O)c1ccc(OCCC(=O)NC2CC2)c(C)c1. The van der Waals surface area contributed by atoms with E-state index in [-0.39, 0.29) is 11.7 Å². The molecule has 1 fully saturated rings. The number of carbonyl (C=O) groups is 2. The number of Topliss-reactive ketones (excluding diaryl/α,β-unsaturated/α-hetero) is 1. The number of ether oxygens (including phenoxy) is 1. The van der Waals surface area contributed by atoms with Crippen LogP contribution in [0.5, 0.6) is 5.75 Å². The monoisotopic (exact) mass is 261 g/mol. The highest BCUT2D eigenvalue weighted by Gasteiger charge is 2.22. The second-order valence-corrected chi connectivity index (χ2v) is 4.98. The van der Waals surface area contributed by atoms with Gasteiger partial charge in [0.25, 0.3) is 0 Å². The summed E-state index contributed by atoms with van der Waals surface area (Å²) in [6, 6.07) is 5.73. The Morgan fingerprint density at radius 1 is 1.37 bits per heavy atom. The lowest BCUT2D eigenvalue weighted by Crippen LogP contribution is -2.26. The minimum absolute atomic E-state index is 0.0402. The molecule has 0 saturated heterocycles. The Kier molecular flexibility index (Phi) is 4.20. The Hall–Kier alpha value is -1.84. The molecule has 0 bridgehead atoms. The van der Waals surface area contributed by atoms with Gasteiger partial charge in [0.1, 0.15) is 5.75 Å². The molecule has 1 aliphatic carbocycles. The van der Waals surface area contributed by atoms with Gasteiger partial charge in [-0.25, -0.2) is 0 Å². The number of hydrogen-bond acceptors (Lipinski definition) is 3. The number of aryl methyl sites for hydroxylation is 1. The molecule has 0 aliphatic heterocycles. The first-order valence-electron chi connectivity index (χ1n) is 6.60. The van der Waals surface area contributed by atoms with E-state index >= 15 is 0 Å². The molecule has 102 valence electrons. The molecule has 0 atom stereocenters. The van der Waals surface area contributed by atoms with Gasteiger partial charge in [-0.1, -0.05) is 0 Å². The summed E-state index contributed by atoms with van der Waals surface area (Å²) in [4.78, 5) is 22.7. The maximum Gasteiger partial charge on any atom is 0.223 e. The number of carbonyl (C=O) groups excluding carboxylic acids is 2. The van der Waals surface area contributed by atoms with Gasteiger partial charge >= 0.3 is 0 Å². The molecule has 1 N–H and O–H groups in total. The zero-order valence-corrected chi connectivity index (χ0v) is 11.4. The lowest BCUT2D eigenvalue weighted by Gasteiger charge is -2.10. The van der Waals surface area contributed by atoms with Crippen molar-refractivity contribution in [2.75, 3.05) is 6.61 Å². The number of nitrogens with one attached hydrogen (secondary N) is 1. The average molecular weight is 261 g/mol. The molecule has 0 heterocycles. The van der Waals surface area contributed by atoms with Gasteiger partial charge in [0.05, 0.1) is 13.0 Å². The minimum Gasteiger partial charge on any atom is -0.493 e. The largest absolute Gasteiger partial charge is 0.493 e. The molecular formula is C15H19NO3. The molecule has 1 aromatic rings. The molecule has 2 rings (SSSR count). The smallest absolute Gasteiger partial charge is 0.223 e. The van der Waals surface area contributed by atoms with Gasteiger partial charge in [-0.05, 0) is 50.5 Å². The Bertz CT molecular complexity index is 492. The maximum atomic E-state index is 11.5. The number of ketones is 1. The van der Waals surface area contributed by atoms with E-state index in [1.165, 1.54) is 6.92 Å². The van der Waals surface area contributed by atoms with E-state index in [1.807, 2.05) is 13.0 Å². The van der Waals surface area contributed by atoms with Crippen LogP contribution >= 0.6 is 0 Å². The molecule has 0 spiro atoms. The summed E-state index contributed by atoms with van der Waals surface area (Å²) in [5.74, 6) is 0.809. The molecule has 0 aromatic heterocycles. The summed E-state index contributed by atoms with van der Waals surface area (Å²) < 4.78 is 5.57. The highest BCUT2D eigenvalue weighted by Crippen LogP contribution is 2.20. The van der Waals surface area contributed by atoms with Crippen LogP contribution in [-0.2, 0) is 4.79 Å². The van der Waals surface area contributed by atoms with Crippen molar-refractivity contribution >= 4 is 11.7 Å². The third kappa shape index (κ3) is 4.09. The van der Waals surface area contributed by atoms with Crippen LogP contribution in [0.3, 0.4) is 0 Å². The normalized spacial score (nSPS) is 14.0. The Morgan fingerprint density at radius 3 is 2.68 bits per heavy atom. The van der Waals surface area contributed by atoms with E-state index in [0.717, 1.165) is 24.2 Å². The number of rotatable bonds is 6. The van der Waals surface area contributed by atoms with Crippen LogP contribution in [0.4, 0.5) is 0 Å². The van der Waals surface area contributed by atoms with Crippen molar-refractivity contribution < 1.29 is 14.3 Å². The van der Waals surface area contributed by atoms with Crippen molar-refractivity contribution in [3.05, 3.63) is 29.3 Å². The molecule has 1 aliphatic rings. The summed E-state index contributed by atoms with van der Waals surface area (Å²) in [5, 5.41) is 2.92. The van der Waals surface area contributed by atoms with E-state index < -0.39 is 0 Å². The predicted molar refractivity (Wildman–Crippen MR) is 72.5 cm³/mol. The van der Waals surface area contributed by atoms with Gasteiger partial charge in [0.2, 0.25) is 5.91 Å². The van der Waals surface area contributed by atoms with E-state index in [1.54, 1.807) is 12.1 Å². The van der Waals surface area contributed by atoms with Crippen molar-refractivity contribution in [1.82, 2.24) is 5.32 Å². The summed E-state index contributed by atoms with van der Waals surface area (Å²) in [6.45, 7) is 3.79. The summed E-state index contributed by atoms with van der Waals surface area (Å²) >= 11 is 0. The Morgan fingerprint density at radius 2 is 2.11 bits per heavy atom. The molecule has 1 amide bonds. The van der Waals surface area contributed by atoms with Crippen molar-refractivity contribution in [3.8, 4) is 5.75 Å². The predicted octanol–water partition coefficient (Wildman–Crippen LogP) is 2.25. The number of benzene rings is 1. The first-order valence-corrected chi connectivity index (χ1v) is 6.60. The van der Waals surface area contributed by atoms with Crippen molar-refractivity contribution in [3.63, 3.8) is 0 Å². The molecule has 1 aromatic carbocycles.